The fraction of sp³-hybridized carbons (Fsp3) is 0.742. The van der Waals surface area contributed by atoms with Crippen LogP contribution in [-0.2, 0) is 21.0 Å². The van der Waals surface area contributed by atoms with E-state index in [1.54, 1.807) is 0 Å². The smallest absolute Gasteiger partial charge is 0.300 e. The molecule has 0 aromatic heterocycles. The zero-order chi connectivity index (χ0) is 29.5. The van der Waals surface area contributed by atoms with Gasteiger partial charge in [0.05, 0.1) is 27.2 Å². The standard InChI is InChI=1S/C25H46N.C2H7NO.2C2H4O2/c1-4-5-6-7-8-9-10-11-12-13-14-15-16-20-23-26(2,3)24-25-21-18-17-19-22-25;1-2-4-3;2*1-2(3)4/h17-19,21-22H,4-16,20,23-24H2,1-3H3;2-3H2,1H3;2*1H3,(H,3,4)/q+1;;;/p-1. The Kier molecular flexibility index (Phi) is 33.3. The van der Waals surface area contributed by atoms with E-state index in [4.69, 9.17) is 19.8 Å². The number of nitrogens with two attached hydrogens (primary N) is 1. The second-order valence-corrected chi connectivity index (χ2v) is 10.4. The molecule has 7 heteroatoms. The van der Waals surface area contributed by atoms with Crippen LogP contribution >= 0.6 is 0 Å². The first-order valence-corrected chi connectivity index (χ1v) is 14.6. The van der Waals surface area contributed by atoms with E-state index < -0.39 is 11.9 Å². The molecule has 0 saturated carbocycles. The van der Waals surface area contributed by atoms with Gasteiger partial charge in [-0.1, -0.05) is 114 Å². The summed E-state index contributed by atoms with van der Waals surface area (Å²) in [6, 6.07) is 10.9. The Labute approximate surface area is 234 Å². The molecule has 0 bridgehead atoms. The van der Waals surface area contributed by atoms with Crippen molar-refractivity contribution >= 4 is 11.9 Å². The Hall–Kier alpha value is -1.96. The molecule has 1 aromatic carbocycles. The first kappa shape index (κ1) is 40.5. The maximum Gasteiger partial charge on any atom is 0.300 e. The normalized spacial score (nSPS) is 10.2. The van der Waals surface area contributed by atoms with Crippen LogP contribution < -0.4 is 11.0 Å². The van der Waals surface area contributed by atoms with E-state index in [2.05, 4.69) is 62.1 Å². The summed E-state index contributed by atoms with van der Waals surface area (Å²) in [5.74, 6) is 2.61. The third kappa shape index (κ3) is 44.1. The first-order chi connectivity index (χ1) is 18.0. The van der Waals surface area contributed by atoms with Crippen LogP contribution in [0.4, 0.5) is 0 Å². The van der Waals surface area contributed by atoms with Gasteiger partial charge >= 0.3 is 0 Å². The average Bonchev–Trinajstić information content (AvgIpc) is 2.84. The zero-order valence-corrected chi connectivity index (χ0v) is 25.5. The number of carboxylic acid groups (broad SMARTS) is 2. The highest BCUT2D eigenvalue weighted by atomic mass is 16.6. The molecule has 3 N–H and O–H groups in total. The monoisotopic (exact) mass is 540 g/mol. The van der Waals surface area contributed by atoms with E-state index in [-0.39, 0.29) is 0 Å². The predicted molar refractivity (Wildman–Crippen MR) is 157 cm³/mol. The number of hydrogen-bond acceptors (Lipinski definition) is 5. The molecular weight excluding hydrogens is 480 g/mol. The quantitative estimate of drug-likeness (QED) is 0.125. The molecule has 0 spiro atoms. The minimum absolute atomic E-state index is 0.597. The summed E-state index contributed by atoms with van der Waals surface area (Å²) in [5, 5.41) is 16.3. The Morgan fingerprint density at radius 2 is 1.11 bits per heavy atom. The minimum atomic E-state index is -1.08. The third-order valence-electron chi connectivity index (χ3n) is 5.74. The van der Waals surface area contributed by atoms with Gasteiger partial charge in [-0.25, -0.2) is 5.90 Å². The van der Waals surface area contributed by atoms with E-state index in [9.17, 15) is 0 Å². The SMILES string of the molecule is CC(=O)O.CC(=O)[O-].CCCCCCCCCCCCCCCC[N+](C)(C)Cc1ccccc1.CCON. The predicted octanol–water partition coefficient (Wildman–Crippen LogP) is 6.49. The molecule has 38 heavy (non-hydrogen) atoms. The first-order valence-electron chi connectivity index (χ1n) is 14.6. The lowest BCUT2D eigenvalue weighted by Gasteiger charge is -2.30. The van der Waals surface area contributed by atoms with Gasteiger partial charge in [-0.15, -0.1) is 0 Å². The highest BCUT2D eigenvalue weighted by molar-refractivity contribution is 5.63. The zero-order valence-electron chi connectivity index (χ0n) is 25.5. The van der Waals surface area contributed by atoms with E-state index in [0.717, 1.165) is 24.9 Å². The summed E-state index contributed by atoms with van der Waals surface area (Å²) in [5.41, 5.74) is 1.46. The fourth-order valence-corrected chi connectivity index (χ4v) is 3.89. The molecule has 1 aromatic rings. The van der Waals surface area contributed by atoms with Crippen molar-refractivity contribution < 1.29 is 29.1 Å². The molecule has 0 unspecified atom stereocenters. The van der Waals surface area contributed by atoms with E-state index >= 15 is 0 Å². The summed E-state index contributed by atoms with van der Waals surface area (Å²) in [7, 11) is 4.74. The molecule has 0 atom stereocenters. The van der Waals surface area contributed by atoms with E-state index in [0.29, 0.717) is 6.61 Å². The van der Waals surface area contributed by atoms with Gasteiger partial charge in [0.2, 0.25) is 0 Å². The van der Waals surface area contributed by atoms with Gasteiger partial charge in [0.1, 0.15) is 6.54 Å². The van der Waals surface area contributed by atoms with Crippen LogP contribution in [-0.4, -0.2) is 48.8 Å². The number of hydrogen-bond donors (Lipinski definition) is 2. The summed E-state index contributed by atoms with van der Waals surface area (Å²) >= 11 is 0. The largest absolute Gasteiger partial charge is 0.550 e. The van der Waals surface area contributed by atoms with Gasteiger partial charge in [-0.2, -0.15) is 0 Å². The number of aliphatic carboxylic acids is 2. The fourth-order valence-electron chi connectivity index (χ4n) is 3.89. The lowest BCUT2D eigenvalue weighted by molar-refractivity contribution is -0.903. The highest BCUT2D eigenvalue weighted by Gasteiger charge is 2.14. The summed E-state index contributed by atoms with van der Waals surface area (Å²) in [6.07, 6.45) is 20.2. The number of rotatable bonds is 18. The minimum Gasteiger partial charge on any atom is -0.550 e. The van der Waals surface area contributed by atoms with Gasteiger partial charge in [0.15, 0.2) is 0 Å². The van der Waals surface area contributed by atoms with Gasteiger partial charge in [0.25, 0.3) is 5.97 Å². The molecule has 0 heterocycles. The molecule has 0 radical (unpaired) electrons. The number of benzene rings is 1. The summed E-state index contributed by atoms with van der Waals surface area (Å²) in [6.45, 7) is 9.23. The number of carboxylic acids is 2. The third-order valence-corrected chi connectivity index (χ3v) is 5.74. The van der Waals surface area contributed by atoms with Crippen LogP contribution in [0.25, 0.3) is 0 Å². The van der Waals surface area contributed by atoms with Crippen LogP contribution in [0.3, 0.4) is 0 Å². The van der Waals surface area contributed by atoms with Gasteiger partial charge in [-0.3, -0.25) is 4.79 Å². The van der Waals surface area contributed by atoms with Gasteiger partial charge in [-0.05, 0) is 26.7 Å². The average molecular weight is 541 g/mol. The molecule has 0 aliphatic carbocycles. The molecule has 0 saturated heterocycles. The van der Waals surface area contributed by atoms with E-state index in [1.165, 1.54) is 102 Å². The molecular formula is C31H60N2O5. The summed E-state index contributed by atoms with van der Waals surface area (Å²) < 4.78 is 1.11. The van der Waals surface area contributed by atoms with Crippen LogP contribution in [0.15, 0.2) is 30.3 Å². The van der Waals surface area contributed by atoms with Crippen molar-refractivity contribution in [3.8, 4) is 0 Å². The second-order valence-electron chi connectivity index (χ2n) is 10.4. The van der Waals surface area contributed by atoms with Crippen molar-refractivity contribution in [2.45, 2.75) is 124 Å². The van der Waals surface area contributed by atoms with Crippen LogP contribution in [0.2, 0.25) is 0 Å². The second kappa shape index (κ2) is 31.3. The summed E-state index contributed by atoms with van der Waals surface area (Å²) in [4.78, 5) is 21.9. The molecule has 0 fully saturated rings. The molecule has 224 valence electrons. The van der Waals surface area contributed by atoms with Gasteiger partial charge < -0.3 is 24.3 Å². The lowest BCUT2D eigenvalue weighted by Crippen LogP contribution is -2.39. The van der Waals surface area contributed by atoms with Crippen molar-refractivity contribution in [2.24, 2.45) is 5.90 Å². The van der Waals surface area contributed by atoms with Crippen LogP contribution in [0.5, 0.6) is 0 Å². The molecule has 1 rings (SSSR count). The number of carbonyl (C=O) groups is 2. The van der Waals surface area contributed by atoms with Crippen LogP contribution in [0, 0.1) is 0 Å². The lowest BCUT2D eigenvalue weighted by atomic mass is 10.0. The van der Waals surface area contributed by atoms with Crippen molar-refractivity contribution in [3.63, 3.8) is 0 Å². The van der Waals surface area contributed by atoms with Gasteiger partial charge in [0, 0.05) is 18.5 Å². The Balaban J connectivity index is -0.000000851. The Morgan fingerprint density at radius 1 is 0.789 bits per heavy atom. The Morgan fingerprint density at radius 3 is 1.42 bits per heavy atom. The highest BCUT2D eigenvalue weighted by Crippen LogP contribution is 2.15. The van der Waals surface area contributed by atoms with Crippen molar-refractivity contribution in [2.75, 3.05) is 27.2 Å². The Bertz CT molecular complexity index is 602. The van der Waals surface area contributed by atoms with Crippen molar-refractivity contribution in [3.05, 3.63) is 35.9 Å². The van der Waals surface area contributed by atoms with E-state index in [1.807, 2.05) is 6.92 Å². The maximum absolute atomic E-state index is 9.00. The maximum atomic E-state index is 9.00. The topological polar surface area (TPSA) is 113 Å². The molecule has 0 aliphatic rings. The molecule has 0 amide bonds. The van der Waals surface area contributed by atoms with Crippen molar-refractivity contribution in [1.29, 1.82) is 0 Å². The van der Waals surface area contributed by atoms with Crippen LogP contribution in [0.1, 0.15) is 123 Å². The van der Waals surface area contributed by atoms with Crippen molar-refractivity contribution in [1.82, 2.24) is 0 Å². The molecule has 7 nitrogen and oxygen atoms in total. The number of quaternary nitrogens is 1. The molecule has 0 aliphatic heterocycles. The number of carbonyl (C=O) groups excluding carboxylic acids is 1. The number of unbranched alkanes of at least 4 members (excludes halogenated alkanes) is 13. The number of nitrogens with zero attached hydrogens (tertiary/aromatic N) is 1.